The van der Waals surface area contributed by atoms with Gasteiger partial charge in [-0.3, -0.25) is 0 Å². The number of hydrogen-bond acceptors (Lipinski definition) is 1. The van der Waals surface area contributed by atoms with Crippen molar-refractivity contribution in [3.05, 3.63) is 72.9 Å². The van der Waals surface area contributed by atoms with Crippen molar-refractivity contribution in [1.29, 1.82) is 0 Å². The maximum Gasteiger partial charge on any atom is 0.212 e. The molecule has 4 aromatic rings. The van der Waals surface area contributed by atoms with Crippen LogP contribution < -0.4 is 9.30 Å². The Bertz CT molecular complexity index is 1020. The number of aryl methyl sites for hydroxylation is 1. The van der Waals surface area contributed by atoms with Crippen LogP contribution in [0.3, 0.4) is 0 Å². The highest BCUT2D eigenvalue weighted by atomic mass is 16.5. The Morgan fingerprint density at radius 1 is 0.783 bits per heavy atom. The van der Waals surface area contributed by atoms with E-state index in [0.717, 1.165) is 11.1 Å². The predicted molar refractivity (Wildman–Crippen MR) is 94.6 cm³/mol. The van der Waals surface area contributed by atoms with Crippen LogP contribution in [0.25, 0.3) is 32.8 Å². The lowest BCUT2D eigenvalue weighted by atomic mass is 10.0. The van der Waals surface area contributed by atoms with E-state index in [1.807, 2.05) is 12.1 Å². The molecule has 0 radical (unpaired) electrons. The summed E-state index contributed by atoms with van der Waals surface area (Å²) in [6.07, 6.45) is 2.14. The van der Waals surface area contributed by atoms with Gasteiger partial charge in [0.15, 0.2) is 6.20 Å². The predicted octanol–water partition coefficient (Wildman–Crippen LogP) is 4.49. The van der Waals surface area contributed by atoms with Crippen LogP contribution in [-0.4, -0.2) is 7.11 Å². The van der Waals surface area contributed by atoms with Gasteiger partial charge in [0.25, 0.3) is 0 Å². The molecule has 0 aliphatic carbocycles. The van der Waals surface area contributed by atoms with Gasteiger partial charge >= 0.3 is 0 Å². The van der Waals surface area contributed by atoms with Gasteiger partial charge in [-0.15, -0.1) is 0 Å². The number of fused-ring (bicyclic) bond motifs is 2. The van der Waals surface area contributed by atoms with Crippen LogP contribution in [0.5, 0.6) is 5.75 Å². The standard InChI is InChI=1S/C21H18NO/c1-22-14-19-17(8-5-9-21(19)23-2)13-20(22)18-11-10-15-6-3-4-7-16(15)12-18/h3-14H,1-2H3/q+1. The SMILES string of the molecule is COc1cccc2cc(-c3ccc4ccccc4c3)[n+](C)cc12. The van der Waals surface area contributed by atoms with Crippen LogP contribution >= 0.6 is 0 Å². The van der Waals surface area contributed by atoms with Crippen molar-refractivity contribution in [2.45, 2.75) is 0 Å². The maximum absolute atomic E-state index is 5.47. The summed E-state index contributed by atoms with van der Waals surface area (Å²) in [5, 5.41) is 4.84. The van der Waals surface area contributed by atoms with Gasteiger partial charge in [0.05, 0.1) is 12.5 Å². The number of nitrogens with zero attached hydrogens (tertiary/aromatic N) is 1. The molecule has 2 nitrogen and oxygen atoms in total. The van der Waals surface area contributed by atoms with Gasteiger partial charge in [-0.05, 0) is 34.4 Å². The molecule has 0 spiro atoms. The summed E-state index contributed by atoms with van der Waals surface area (Å²) in [5.74, 6) is 0.906. The van der Waals surface area contributed by atoms with Crippen molar-refractivity contribution in [3.63, 3.8) is 0 Å². The van der Waals surface area contributed by atoms with Gasteiger partial charge in [0.1, 0.15) is 12.8 Å². The van der Waals surface area contributed by atoms with E-state index < -0.39 is 0 Å². The van der Waals surface area contributed by atoms with E-state index in [0.29, 0.717) is 0 Å². The molecule has 0 aliphatic heterocycles. The molecule has 0 atom stereocenters. The second kappa shape index (κ2) is 5.40. The monoisotopic (exact) mass is 300 g/mol. The quantitative estimate of drug-likeness (QED) is 0.497. The third kappa shape index (κ3) is 2.33. The van der Waals surface area contributed by atoms with Crippen LogP contribution in [0.2, 0.25) is 0 Å². The van der Waals surface area contributed by atoms with E-state index >= 15 is 0 Å². The van der Waals surface area contributed by atoms with Gasteiger partial charge < -0.3 is 4.74 Å². The van der Waals surface area contributed by atoms with E-state index in [-0.39, 0.29) is 0 Å². The minimum atomic E-state index is 0.906. The van der Waals surface area contributed by atoms with Crippen LogP contribution in [0.1, 0.15) is 0 Å². The lowest BCUT2D eigenvalue weighted by molar-refractivity contribution is -0.659. The summed E-state index contributed by atoms with van der Waals surface area (Å²) >= 11 is 0. The third-order valence-electron chi connectivity index (χ3n) is 4.36. The molecule has 0 amide bonds. The fourth-order valence-electron chi connectivity index (χ4n) is 3.15. The highest BCUT2D eigenvalue weighted by Gasteiger charge is 2.14. The van der Waals surface area contributed by atoms with E-state index in [2.05, 4.69) is 72.4 Å². The van der Waals surface area contributed by atoms with Gasteiger partial charge in [-0.2, -0.15) is 0 Å². The molecule has 0 N–H and O–H groups in total. The Kier molecular flexibility index (Phi) is 3.23. The first-order chi connectivity index (χ1) is 11.3. The van der Waals surface area contributed by atoms with E-state index in [4.69, 9.17) is 4.74 Å². The first kappa shape index (κ1) is 13.8. The number of hydrogen-bond donors (Lipinski definition) is 0. The molecule has 1 aromatic heterocycles. The number of benzene rings is 3. The highest BCUT2D eigenvalue weighted by molar-refractivity contribution is 5.91. The van der Waals surface area contributed by atoms with E-state index in [9.17, 15) is 0 Å². The summed E-state index contributed by atoms with van der Waals surface area (Å²) in [4.78, 5) is 0. The second-order valence-electron chi connectivity index (χ2n) is 5.79. The van der Waals surface area contributed by atoms with Crippen molar-refractivity contribution >= 4 is 21.5 Å². The van der Waals surface area contributed by atoms with Gasteiger partial charge in [-0.25, -0.2) is 4.57 Å². The molecular formula is C21H18NO+. The van der Waals surface area contributed by atoms with Crippen LogP contribution in [0.4, 0.5) is 0 Å². The smallest absolute Gasteiger partial charge is 0.212 e. The summed E-state index contributed by atoms with van der Waals surface area (Å²) in [6, 6.07) is 23.4. The molecule has 23 heavy (non-hydrogen) atoms. The fourth-order valence-corrected chi connectivity index (χ4v) is 3.15. The molecule has 3 aromatic carbocycles. The maximum atomic E-state index is 5.47. The summed E-state index contributed by atoms with van der Waals surface area (Å²) < 4.78 is 7.63. The van der Waals surface area contributed by atoms with Crippen molar-refractivity contribution in [1.82, 2.24) is 0 Å². The van der Waals surface area contributed by atoms with Crippen molar-refractivity contribution in [2.24, 2.45) is 7.05 Å². The summed E-state index contributed by atoms with van der Waals surface area (Å²) in [5.41, 5.74) is 2.41. The Hall–Kier alpha value is -2.87. The van der Waals surface area contributed by atoms with Gasteiger partial charge in [0, 0.05) is 11.6 Å². The first-order valence-electron chi connectivity index (χ1n) is 7.72. The molecule has 2 heteroatoms. The number of methoxy groups -OCH3 is 1. The summed E-state index contributed by atoms with van der Waals surface area (Å²) in [7, 11) is 3.79. The number of aromatic nitrogens is 1. The molecule has 0 aliphatic rings. The number of pyridine rings is 1. The second-order valence-corrected chi connectivity index (χ2v) is 5.79. The molecule has 0 saturated carbocycles. The van der Waals surface area contributed by atoms with Gasteiger partial charge in [0.2, 0.25) is 5.69 Å². The lowest BCUT2D eigenvalue weighted by Crippen LogP contribution is -2.30. The normalized spacial score (nSPS) is 11.0. The van der Waals surface area contributed by atoms with Crippen molar-refractivity contribution in [3.8, 4) is 17.0 Å². The molecular weight excluding hydrogens is 282 g/mol. The van der Waals surface area contributed by atoms with E-state index in [1.54, 1.807) is 7.11 Å². The third-order valence-corrected chi connectivity index (χ3v) is 4.36. The average Bonchev–Trinajstić information content (AvgIpc) is 2.60. The molecule has 0 fully saturated rings. The average molecular weight is 300 g/mol. The van der Waals surface area contributed by atoms with Crippen LogP contribution in [0, 0.1) is 0 Å². The lowest BCUT2D eigenvalue weighted by Gasteiger charge is -2.07. The number of ether oxygens (including phenoxy) is 1. The minimum absolute atomic E-state index is 0.906. The Morgan fingerprint density at radius 3 is 2.39 bits per heavy atom. The Balaban J connectivity index is 1.95. The molecule has 0 saturated heterocycles. The Labute approximate surface area is 135 Å². The first-order valence-corrected chi connectivity index (χ1v) is 7.72. The zero-order valence-corrected chi connectivity index (χ0v) is 13.3. The van der Waals surface area contributed by atoms with E-state index in [1.165, 1.54) is 27.4 Å². The molecule has 0 bridgehead atoms. The topological polar surface area (TPSA) is 13.1 Å². The highest BCUT2D eigenvalue weighted by Crippen LogP contribution is 2.28. The minimum Gasteiger partial charge on any atom is -0.496 e. The van der Waals surface area contributed by atoms with Crippen LogP contribution in [0.15, 0.2) is 72.9 Å². The van der Waals surface area contributed by atoms with Gasteiger partial charge in [-0.1, -0.05) is 42.5 Å². The zero-order valence-electron chi connectivity index (χ0n) is 13.3. The van der Waals surface area contributed by atoms with Crippen molar-refractivity contribution in [2.75, 3.05) is 7.11 Å². The zero-order chi connectivity index (χ0) is 15.8. The van der Waals surface area contributed by atoms with Crippen molar-refractivity contribution < 1.29 is 9.30 Å². The fraction of sp³-hybridized carbons (Fsp3) is 0.0952. The van der Waals surface area contributed by atoms with Crippen LogP contribution in [-0.2, 0) is 7.05 Å². The number of rotatable bonds is 2. The molecule has 1 heterocycles. The largest absolute Gasteiger partial charge is 0.496 e. The Morgan fingerprint density at radius 2 is 1.57 bits per heavy atom. The molecule has 112 valence electrons. The molecule has 4 rings (SSSR count). The summed E-state index contributed by atoms with van der Waals surface area (Å²) in [6.45, 7) is 0. The molecule has 0 unspecified atom stereocenters.